The number of rotatable bonds is 6. The molecular weight excluding hydrogens is 206 g/mol. The Morgan fingerprint density at radius 1 is 1.12 bits per heavy atom. The molecule has 1 nitrogen and oxygen atoms in total. The maximum atomic E-state index is 6.36. The predicted octanol–water partition coefficient (Wildman–Crippen LogP) is 4.32. The highest BCUT2D eigenvalue weighted by atomic mass is 14.6. The molecule has 0 bridgehead atoms. The van der Waals surface area contributed by atoms with Crippen LogP contribution in [0.3, 0.4) is 0 Å². The van der Waals surface area contributed by atoms with E-state index in [1.54, 1.807) is 0 Å². The molecule has 1 heteroatoms. The molecule has 1 aromatic carbocycles. The number of benzene rings is 1. The van der Waals surface area contributed by atoms with Crippen LogP contribution in [0.15, 0.2) is 24.3 Å². The molecule has 0 amide bonds. The van der Waals surface area contributed by atoms with Crippen LogP contribution in [0.1, 0.15) is 57.7 Å². The van der Waals surface area contributed by atoms with E-state index in [-0.39, 0.29) is 6.04 Å². The van der Waals surface area contributed by atoms with Crippen LogP contribution in [0.25, 0.3) is 0 Å². The van der Waals surface area contributed by atoms with E-state index < -0.39 is 0 Å². The van der Waals surface area contributed by atoms with E-state index in [9.17, 15) is 0 Å². The van der Waals surface area contributed by atoms with Crippen molar-refractivity contribution in [2.75, 3.05) is 0 Å². The van der Waals surface area contributed by atoms with Crippen LogP contribution in [0.4, 0.5) is 0 Å². The largest absolute Gasteiger partial charge is 0.324 e. The van der Waals surface area contributed by atoms with Crippen LogP contribution < -0.4 is 5.73 Å². The molecule has 0 saturated carbocycles. The minimum atomic E-state index is 0.192. The van der Waals surface area contributed by atoms with Gasteiger partial charge in [0.1, 0.15) is 0 Å². The summed E-state index contributed by atoms with van der Waals surface area (Å²) >= 11 is 0. The van der Waals surface area contributed by atoms with Gasteiger partial charge in [0.25, 0.3) is 0 Å². The molecule has 17 heavy (non-hydrogen) atoms. The first-order valence-electron chi connectivity index (χ1n) is 6.92. The Morgan fingerprint density at radius 3 is 2.29 bits per heavy atom. The number of hydrogen-bond donors (Lipinski definition) is 1. The highest BCUT2D eigenvalue weighted by molar-refractivity contribution is 5.26. The van der Waals surface area contributed by atoms with Crippen LogP contribution in [-0.2, 0) is 6.42 Å². The highest BCUT2D eigenvalue weighted by Crippen LogP contribution is 2.26. The van der Waals surface area contributed by atoms with E-state index in [1.165, 1.54) is 11.1 Å². The van der Waals surface area contributed by atoms with Crippen molar-refractivity contribution < 1.29 is 0 Å². The normalized spacial score (nSPS) is 13.4. The fraction of sp³-hybridized carbons (Fsp3) is 0.625. The SMILES string of the molecule is CCC(CC)C(N)c1cccc(CC(C)C)c1. The average molecular weight is 233 g/mol. The summed E-state index contributed by atoms with van der Waals surface area (Å²) in [7, 11) is 0. The van der Waals surface area contributed by atoms with Crippen molar-refractivity contribution in [1.82, 2.24) is 0 Å². The van der Waals surface area contributed by atoms with Crippen LogP contribution in [0.2, 0.25) is 0 Å². The maximum Gasteiger partial charge on any atom is 0.0323 e. The van der Waals surface area contributed by atoms with Crippen LogP contribution >= 0.6 is 0 Å². The molecule has 0 spiro atoms. The lowest BCUT2D eigenvalue weighted by Crippen LogP contribution is -2.20. The van der Waals surface area contributed by atoms with Gasteiger partial charge >= 0.3 is 0 Å². The zero-order chi connectivity index (χ0) is 12.8. The Labute approximate surface area is 106 Å². The molecule has 0 heterocycles. The van der Waals surface area contributed by atoms with Crippen molar-refractivity contribution >= 4 is 0 Å². The summed E-state index contributed by atoms with van der Waals surface area (Å²) in [6, 6.07) is 9.02. The van der Waals surface area contributed by atoms with Crippen molar-refractivity contribution in [1.29, 1.82) is 0 Å². The van der Waals surface area contributed by atoms with Gasteiger partial charge in [-0.3, -0.25) is 0 Å². The maximum absolute atomic E-state index is 6.36. The summed E-state index contributed by atoms with van der Waals surface area (Å²) in [6.45, 7) is 8.97. The summed E-state index contributed by atoms with van der Waals surface area (Å²) < 4.78 is 0. The zero-order valence-corrected chi connectivity index (χ0v) is 11.7. The van der Waals surface area contributed by atoms with Gasteiger partial charge in [0, 0.05) is 6.04 Å². The van der Waals surface area contributed by atoms with E-state index in [4.69, 9.17) is 5.73 Å². The third-order valence-corrected chi connectivity index (χ3v) is 3.54. The third kappa shape index (κ3) is 4.16. The minimum absolute atomic E-state index is 0.192. The van der Waals surface area contributed by atoms with Crippen LogP contribution in [-0.4, -0.2) is 0 Å². The summed E-state index contributed by atoms with van der Waals surface area (Å²) in [5.74, 6) is 1.30. The van der Waals surface area contributed by atoms with Gasteiger partial charge in [-0.1, -0.05) is 64.8 Å². The summed E-state index contributed by atoms with van der Waals surface area (Å²) in [5, 5.41) is 0. The predicted molar refractivity (Wildman–Crippen MR) is 76.0 cm³/mol. The van der Waals surface area contributed by atoms with Crippen molar-refractivity contribution in [2.45, 2.75) is 53.0 Å². The van der Waals surface area contributed by atoms with Crippen LogP contribution in [0, 0.1) is 11.8 Å². The monoisotopic (exact) mass is 233 g/mol. The number of hydrogen-bond acceptors (Lipinski definition) is 1. The lowest BCUT2D eigenvalue weighted by Gasteiger charge is -2.22. The molecule has 0 aromatic heterocycles. The Morgan fingerprint density at radius 2 is 1.76 bits per heavy atom. The average Bonchev–Trinajstić information content (AvgIpc) is 2.30. The summed E-state index contributed by atoms with van der Waals surface area (Å²) in [4.78, 5) is 0. The second-order valence-electron chi connectivity index (χ2n) is 5.45. The third-order valence-electron chi connectivity index (χ3n) is 3.54. The van der Waals surface area contributed by atoms with E-state index in [2.05, 4.69) is 52.0 Å². The van der Waals surface area contributed by atoms with Gasteiger partial charge in [0.15, 0.2) is 0 Å². The van der Waals surface area contributed by atoms with Crippen molar-refractivity contribution in [3.63, 3.8) is 0 Å². The van der Waals surface area contributed by atoms with E-state index in [1.807, 2.05) is 0 Å². The van der Waals surface area contributed by atoms with Crippen LogP contribution in [0.5, 0.6) is 0 Å². The summed E-state index contributed by atoms with van der Waals surface area (Å²) in [6.07, 6.45) is 3.46. The van der Waals surface area contributed by atoms with E-state index >= 15 is 0 Å². The van der Waals surface area contributed by atoms with Gasteiger partial charge in [-0.25, -0.2) is 0 Å². The molecule has 96 valence electrons. The second kappa shape index (κ2) is 6.80. The Hall–Kier alpha value is -0.820. The zero-order valence-electron chi connectivity index (χ0n) is 11.7. The smallest absolute Gasteiger partial charge is 0.0323 e. The van der Waals surface area contributed by atoms with Gasteiger partial charge in [0.2, 0.25) is 0 Å². The molecule has 1 atom stereocenters. The first kappa shape index (κ1) is 14.2. The molecule has 0 aliphatic heterocycles. The van der Waals surface area contributed by atoms with Gasteiger partial charge in [-0.2, -0.15) is 0 Å². The molecule has 0 aliphatic rings. The molecule has 0 fully saturated rings. The highest BCUT2D eigenvalue weighted by Gasteiger charge is 2.16. The topological polar surface area (TPSA) is 26.0 Å². The molecular formula is C16H27N. The number of nitrogens with two attached hydrogens (primary N) is 1. The minimum Gasteiger partial charge on any atom is -0.324 e. The van der Waals surface area contributed by atoms with Crippen molar-refractivity contribution in [3.8, 4) is 0 Å². The quantitative estimate of drug-likeness (QED) is 0.778. The van der Waals surface area contributed by atoms with Gasteiger partial charge in [0.05, 0.1) is 0 Å². The molecule has 1 rings (SSSR count). The first-order valence-corrected chi connectivity index (χ1v) is 6.92. The molecule has 0 saturated heterocycles. The lowest BCUT2D eigenvalue weighted by atomic mass is 9.88. The Bertz CT molecular complexity index is 326. The molecule has 1 unspecified atom stereocenters. The second-order valence-corrected chi connectivity index (χ2v) is 5.45. The molecule has 2 N–H and O–H groups in total. The Balaban J connectivity index is 2.83. The van der Waals surface area contributed by atoms with Crippen molar-refractivity contribution in [3.05, 3.63) is 35.4 Å². The summed E-state index contributed by atoms with van der Waals surface area (Å²) in [5.41, 5.74) is 9.08. The van der Waals surface area contributed by atoms with Gasteiger partial charge in [-0.15, -0.1) is 0 Å². The fourth-order valence-corrected chi connectivity index (χ4v) is 2.47. The molecule has 1 aromatic rings. The fourth-order valence-electron chi connectivity index (χ4n) is 2.47. The van der Waals surface area contributed by atoms with E-state index in [0.29, 0.717) is 11.8 Å². The lowest BCUT2D eigenvalue weighted by molar-refractivity contribution is 0.405. The molecule has 0 radical (unpaired) electrons. The van der Waals surface area contributed by atoms with Gasteiger partial charge in [-0.05, 0) is 29.4 Å². The molecule has 0 aliphatic carbocycles. The Kier molecular flexibility index (Phi) is 5.70. The van der Waals surface area contributed by atoms with Gasteiger partial charge < -0.3 is 5.73 Å². The standard InChI is InChI=1S/C16H27N/c1-5-14(6-2)16(17)15-9-7-8-13(11-15)10-12(3)4/h7-9,11-12,14,16H,5-6,10,17H2,1-4H3. The van der Waals surface area contributed by atoms with Crippen molar-refractivity contribution in [2.24, 2.45) is 17.6 Å². The first-order chi connectivity index (χ1) is 8.08. The van der Waals surface area contributed by atoms with E-state index in [0.717, 1.165) is 19.3 Å².